The van der Waals surface area contributed by atoms with Gasteiger partial charge in [-0.2, -0.15) is 0 Å². The molecule has 0 spiro atoms. The molecule has 258 valence electrons. The number of fused-ring (bicyclic) bond motifs is 5. The van der Waals surface area contributed by atoms with Gasteiger partial charge in [0.15, 0.2) is 0 Å². The molecule has 0 aromatic heterocycles. The van der Waals surface area contributed by atoms with Gasteiger partial charge < -0.3 is 19.8 Å². The maximum atomic E-state index is 11.4. The number of hydrogen-bond acceptors (Lipinski definition) is 6. The maximum Gasteiger partial charge on any atom is 0.147 e. The molecular weight excluding hydrogens is 574 g/mol. The topological polar surface area (TPSA) is 112 Å². The number of unbranched alkanes of at least 4 members (excludes halogenated alkanes) is 1. The van der Waals surface area contributed by atoms with E-state index in [1.54, 1.807) is 0 Å². The predicted octanol–water partition coefficient (Wildman–Crippen LogP) is 5.64. The highest BCUT2D eigenvalue weighted by atomic mass is 32.2. The highest BCUT2D eigenvalue weighted by molar-refractivity contribution is 7.90. The summed E-state index contributed by atoms with van der Waals surface area (Å²) in [4.78, 5) is 11.1. The zero-order valence-corrected chi connectivity index (χ0v) is 30.2. The minimum absolute atomic E-state index is 0.0328. The lowest BCUT2D eigenvalue weighted by atomic mass is 9.43. The molecule has 11 atom stereocenters. The molecule has 8 heteroatoms. The average molecular weight is 643 g/mol. The van der Waals surface area contributed by atoms with Gasteiger partial charge in [0.25, 0.3) is 0 Å². The van der Waals surface area contributed by atoms with Crippen molar-refractivity contribution in [1.29, 1.82) is 0 Å². The van der Waals surface area contributed by atoms with Gasteiger partial charge in [0.05, 0.1) is 51.2 Å². The van der Waals surface area contributed by atoms with Gasteiger partial charge in [-0.3, -0.25) is 4.79 Å². The number of carbonyl (C=O) groups excluding carboxylic acids is 1. The third-order valence-electron chi connectivity index (χ3n) is 13.3. The van der Waals surface area contributed by atoms with Crippen molar-refractivity contribution in [2.45, 2.75) is 136 Å². The Kier molecular flexibility index (Phi) is 13.0. The zero-order chi connectivity index (χ0) is 33.1. The number of hydrogen-bond donors (Lipinski definition) is 3. The number of sulfone groups is 1. The number of carbonyl (C=O) groups is 1. The van der Waals surface area contributed by atoms with Gasteiger partial charge in [-0.25, -0.2) is 8.42 Å². The van der Waals surface area contributed by atoms with E-state index >= 15 is 0 Å². The smallest absolute Gasteiger partial charge is 0.147 e. The predicted molar refractivity (Wildman–Crippen MR) is 179 cm³/mol. The summed E-state index contributed by atoms with van der Waals surface area (Å²) < 4.78 is 22.9. The van der Waals surface area contributed by atoms with E-state index in [2.05, 4.69) is 41.8 Å². The Labute approximate surface area is 270 Å². The van der Waals surface area contributed by atoms with E-state index in [1.165, 1.54) is 25.5 Å². The van der Waals surface area contributed by atoms with Crippen molar-refractivity contribution in [3.05, 3.63) is 0 Å². The summed E-state index contributed by atoms with van der Waals surface area (Å²) >= 11 is 0. The third kappa shape index (κ3) is 8.67. The van der Waals surface area contributed by atoms with E-state index in [1.807, 2.05) is 6.92 Å². The first kappa shape index (κ1) is 37.9. The monoisotopic (exact) mass is 642 g/mol. The SMILES string of the molecule is CCC(=O)CCCC[N+](C)(C)CCCS(C)(=O)=O.CC[C@@H](C)[C@H]1CC[C@H]2[C@@H]3[C@H](O)C[C@@H]4C[C@H](O)CC[C@]4(C)[C@H]3C[C@H](O)[C@]12C. The van der Waals surface area contributed by atoms with Crippen LogP contribution >= 0.6 is 0 Å². The number of Topliss-reactive ketones (excluding diaryl/α,β-unsaturated/α-hetero) is 1. The molecule has 0 radical (unpaired) electrons. The van der Waals surface area contributed by atoms with E-state index in [9.17, 15) is 28.5 Å². The molecule has 0 unspecified atom stereocenters. The van der Waals surface area contributed by atoms with Crippen molar-refractivity contribution in [3.63, 3.8) is 0 Å². The molecule has 0 amide bonds. The Morgan fingerprint density at radius 1 is 0.932 bits per heavy atom. The second-order valence-corrected chi connectivity index (χ2v) is 18.9. The van der Waals surface area contributed by atoms with Crippen molar-refractivity contribution in [1.82, 2.24) is 0 Å². The van der Waals surface area contributed by atoms with Gasteiger partial charge >= 0.3 is 0 Å². The molecule has 0 aromatic carbocycles. The number of quaternary nitrogens is 1. The fourth-order valence-corrected chi connectivity index (χ4v) is 11.0. The second-order valence-electron chi connectivity index (χ2n) is 16.6. The van der Waals surface area contributed by atoms with Gasteiger partial charge in [-0.1, -0.05) is 41.0 Å². The average Bonchev–Trinajstić information content (AvgIpc) is 3.30. The quantitative estimate of drug-likeness (QED) is 0.188. The molecule has 4 fully saturated rings. The van der Waals surface area contributed by atoms with E-state index < -0.39 is 9.84 Å². The van der Waals surface area contributed by atoms with Crippen LogP contribution in [0.25, 0.3) is 0 Å². The normalized spacial score (nSPS) is 39.3. The van der Waals surface area contributed by atoms with Crippen molar-refractivity contribution < 1.29 is 33.0 Å². The van der Waals surface area contributed by atoms with Crippen LogP contribution in [0.3, 0.4) is 0 Å². The van der Waals surface area contributed by atoms with Crippen LogP contribution in [0.2, 0.25) is 0 Å². The van der Waals surface area contributed by atoms with Gasteiger partial charge in [0.1, 0.15) is 15.6 Å². The minimum atomic E-state index is -2.84. The Morgan fingerprint density at radius 2 is 1.59 bits per heavy atom. The molecule has 0 aromatic rings. The number of nitrogens with zero attached hydrogens (tertiary/aromatic N) is 1. The lowest BCUT2D eigenvalue weighted by Gasteiger charge is -2.63. The van der Waals surface area contributed by atoms with Gasteiger partial charge in [-0.05, 0) is 104 Å². The van der Waals surface area contributed by atoms with Crippen LogP contribution in [0.15, 0.2) is 0 Å². The molecule has 4 rings (SSSR count). The highest BCUT2D eigenvalue weighted by Crippen LogP contribution is 2.68. The Balaban J connectivity index is 0.000000260. The minimum Gasteiger partial charge on any atom is -0.393 e. The van der Waals surface area contributed by atoms with E-state index in [0.29, 0.717) is 60.6 Å². The summed E-state index contributed by atoms with van der Waals surface area (Å²) in [6, 6.07) is 0. The summed E-state index contributed by atoms with van der Waals surface area (Å²) in [6.45, 7) is 13.1. The molecular formula is C36H68NO6S+. The Bertz CT molecular complexity index is 1050. The number of aliphatic hydroxyl groups is 3. The fraction of sp³-hybridized carbons (Fsp3) is 0.972. The molecule has 4 aliphatic carbocycles. The molecule has 4 aliphatic rings. The summed E-state index contributed by atoms with van der Waals surface area (Å²) in [5, 5.41) is 32.8. The van der Waals surface area contributed by atoms with Crippen LogP contribution in [0.4, 0.5) is 0 Å². The zero-order valence-electron chi connectivity index (χ0n) is 29.4. The largest absolute Gasteiger partial charge is 0.393 e. The Hall–Kier alpha value is -0.540. The van der Waals surface area contributed by atoms with E-state index in [4.69, 9.17) is 0 Å². The standard InChI is InChI=1S/C23H40O3.C13H28NO3S/c1-5-13(2)16-6-7-17-21-18(12-20(26)23(16,17)4)22(3)9-8-15(24)10-14(22)11-19(21)25;1-5-13(15)9-6-7-10-14(2,3)11-8-12-18(4,16)17/h13-21,24-26H,5-12H2,1-4H3;5-12H2,1-4H3/q;+1/t13-,14+,15-,16-,17+,18+,19-,20+,21+,22+,23-;/m1./s1. The first-order chi connectivity index (χ1) is 20.4. The first-order valence-electron chi connectivity index (χ1n) is 17.9. The summed E-state index contributed by atoms with van der Waals surface area (Å²) in [7, 11) is 1.39. The molecule has 3 N–H and O–H groups in total. The van der Waals surface area contributed by atoms with Crippen molar-refractivity contribution in [2.24, 2.45) is 46.3 Å². The van der Waals surface area contributed by atoms with Crippen LogP contribution < -0.4 is 0 Å². The molecule has 0 saturated heterocycles. The molecule has 4 saturated carbocycles. The summed E-state index contributed by atoms with van der Waals surface area (Å²) in [5.41, 5.74) is 0.148. The molecule has 0 heterocycles. The summed E-state index contributed by atoms with van der Waals surface area (Å²) in [5.74, 6) is 3.44. The van der Waals surface area contributed by atoms with Crippen LogP contribution in [-0.2, 0) is 14.6 Å². The Morgan fingerprint density at radius 3 is 2.20 bits per heavy atom. The number of rotatable bonds is 12. The van der Waals surface area contributed by atoms with Crippen molar-refractivity contribution >= 4 is 15.6 Å². The van der Waals surface area contributed by atoms with Gasteiger partial charge in [0.2, 0.25) is 0 Å². The lowest BCUT2D eigenvalue weighted by Crippen LogP contribution is -2.62. The highest BCUT2D eigenvalue weighted by Gasteiger charge is 2.65. The lowest BCUT2D eigenvalue weighted by molar-refractivity contribution is -0.890. The molecule has 0 aliphatic heterocycles. The molecule has 0 bridgehead atoms. The van der Waals surface area contributed by atoms with E-state index in [-0.39, 0.29) is 34.9 Å². The van der Waals surface area contributed by atoms with Gasteiger partial charge in [0, 0.05) is 25.5 Å². The molecule has 7 nitrogen and oxygen atoms in total. The van der Waals surface area contributed by atoms with Crippen LogP contribution in [0, 0.1) is 46.3 Å². The van der Waals surface area contributed by atoms with Gasteiger partial charge in [-0.15, -0.1) is 0 Å². The van der Waals surface area contributed by atoms with Crippen molar-refractivity contribution in [2.75, 3.05) is 39.2 Å². The van der Waals surface area contributed by atoms with Crippen LogP contribution in [0.1, 0.15) is 118 Å². The second kappa shape index (κ2) is 15.1. The first-order valence-corrected chi connectivity index (χ1v) is 20.0. The molecule has 44 heavy (non-hydrogen) atoms. The fourth-order valence-electron chi connectivity index (χ4n) is 10.3. The number of aliphatic hydroxyl groups excluding tert-OH is 3. The van der Waals surface area contributed by atoms with Crippen LogP contribution in [0.5, 0.6) is 0 Å². The summed E-state index contributed by atoms with van der Waals surface area (Å²) in [6.07, 6.45) is 12.6. The van der Waals surface area contributed by atoms with E-state index in [0.717, 1.165) is 62.5 Å². The third-order valence-corrected chi connectivity index (χ3v) is 14.3. The van der Waals surface area contributed by atoms with Crippen molar-refractivity contribution in [3.8, 4) is 0 Å². The maximum absolute atomic E-state index is 11.4. The van der Waals surface area contributed by atoms with Crippen LogP contribution in [-0.4, -0.2) is 91.5 Å². The number of ketones is 1.